The molecule has 1 aromatic heterocycles. The van der Waals surface area contributed by atoms with Gasteiger partial charge in [-0.25, -0.2) is 4.98 Å². The fourth-order valence-corrected chi connectivity index (χ4v) is 4.19. The van der Waals surface area contributed by atoms with Gasteiger partial charge in [-0.05, 0) is 37.1 Å². The van der Waals surface area contributed by atoms with Gasteiger partial charge in [0.15, 0.2) is 0 Å². The Morgan fingerprint density at radius 2 is 1.70 bits per heavy atom. The number of piperazine rings is 1. The van der Waals surface area contributed by atoms with E-state index in [4.69, 9.17) is 0 Å². The minimum Gasteiger partial charge on any atom is -0.354 e. The Kier molecular flexibility index (Phi) is 6.59. The number of aromatic nitrogens is 1. The van der Waals surface area contributed by atoms with Crippen LogP contribution in [-0.2, 0) is 4.79 Å². The molecule has 0 atom stereocenters. The number of carbonyl (C=O) groups excluding carboxylic acids is 2. The maximum atomic E-state index is 12.7. The molecule has 0 spiro atoms. The number of hydrogen-bond donors (Lipinski definition) is 2. The van der Waals surface area contributed by atoms with Gasteiger partial charge in [0.05, 0.1) is 17.8 Å². The third-order valence-electron chi connectivity index (χ3n) is 5.85. The van der Waals surface area contributed by atoms with Crippen LogP contribution in [0.15, 0.2) is 48.7 Å². The van der Waals surface area contributed by atoms with Gasteiger partial charge >= 0.3 is 0 Å². The summed E-state index contributed by atoms with van der Waals surface area (Å²) in [7, 11) is 0. The summed E-state index contributed by atoms with van der Waals surface area (Å²) in [6.45, 7) is 3.59. The number of hydrogen-bond acceptors (Lipinski definition) is 5. The maximum absolute atomic E-state index is 12.7. The molecule has 1 saturated heterocycles. The standard InChI is InChI=1S/C23H29N5O2/c29-22(17-27-13-15-28(16-14-27)21-11-5-6-12-24-21)26-20-10-4-3-9-19(20)23(30)25-18-7-1-2-8-18/h3-6,9-12,18H,1-2,7-8,13-17H2,(H,25,30)(H,26,29). The van der Waals surface area contributed by atoms with Crippen LogP contribution in [0.25, 0.3) is 0 Å². The first kappa shape index (κ1) is 20.3. The second-order valence-electron chi connectivity index (χ2n) is 8.00. The molecule has 1 aliphatic heterocycles. The fraction of sp³-hybridized carbons (Fsp3) is 0.435. The molecule has 4 rings (SSSR count). The van der Waals surface area contributed by atoms with Gasteiger partial charge < -0.3 is 15.5 Å². The van der Waals surface area contributed by atoms with E-state index in [1.807, 2.05) is 30.3 Å². The van der Waals surface area contributed by atoms with Crippen LogP contribution >= 0.6 is 0 Å². The quantitative estimate of drug-likeness (QED) is 0.769. The van der Waals surface area contributed by atoms with E-state index in [9.17, 15) is 9.59 Å². The zero-order chi connectivity index (χ0) is 20.8. The first-order valence-electron chi connectivity index (χ1n) is 10.8. The minimum absolute atomic E-state index is 0.0950. The molecule has 1 aromatic carbocycles. The molecule has 1 saturated carbocycles. The molecule has 2 fully saturated rings. The van der Waals surface area contributed by atoms with Crippen molar-refractivity contribution in [1.82, 2.24) is 15.2 Å². The van der Waals surface area contributed by atoms with Crippen molar-refractivity contribution in [2.24, 2.45) is 0 Å². The molecule has 1 aliphatic carbocycles. The predicted molar refractivity (Wildman–Crippen MR) is 118 cm³/mol. The molecule has 0 bridgehead atoms. The third kappa shape index (κ3) is 5.16. The Balaban J connectivity index is 1.30. The van der Waals surface area contributed by atoms with Crippen molar-refractivity contribution in [2.75, 3.05) is 42.9 Å². The van der Waals surface area contributed by atoms with Gasteiger partial charge in [0, 0.05) is 38.4 Å². The number of benzene rings is 1. The van der Waals surface area contributed by atoms with E-state index < -0.39 is 0 Å². The lowest BCUT2D eigenvalue weighted by atomic mass is 10.1. The number of amides is 2. The normalized spacial score (nSPS) is 17.7. The summed E-state index contributed by atoms with van der Waals surface area (Å²) in [4.78, 5) is 34.1. The number of nitrogens with zero attached hydrogens (tertiary/aromatic N) is 3. The van der Waals surface area contributed by atoms with E-state index in [0.29, 0.717) is 17.8 Å². The van der Waals surface area contributed by atoms with Gasteiger partial charge in [0.2, 0.25) is 5.91 Å². The van der Waals surface area contributed by atoms with E-state index in [2.05, 4.69) is 25.4 Å². The van der Waals surface area contributed by atoms with Crippen LogP contribution in [0.2, 0.25) is 0 Å². The molecule has 7 nitrogen and oxygen atoms in total. The van der Waals surface area contributed by atoms with Crippen molar-refractivity contribution in [2.45, 2.75) is 31.7 Å². The van der Waals surface area contributed by atoms with Crippen LogP contribution in [0, 0.1) is 0 Å². The van der Waals surface area contributed by atoms with Crippen LogP contribution < -0.4 is 15.5 Å². The molecule has 30 heavy (non-hydrogen) atoms. The number of nitrogens with one attached hydrogen (secondary N) is 2. The first-order chi connectivity index (χ1) is 14.7. The van der Waals surface area contributed by atoms with Gasteiger partial charge in [-0.1, -0.05) is 31.0 Å². The molecule has 158 valence electrons. The summed E-state index contributed by atoms with van der Waals surface area (Å²) in [6, 6.07) is 13.4. The molecule has 2 heterocycles. The van der Waals surface area contributed by atoms with Crippen molar-refractivity contribution < 1.29 is 9.59 Å². The minimum atomic E-state index is -0.109. The van der Waals surface area contributed by atoms with Gasteiger partial charge in [-0.2, -0.15) is 0 Å². The van der Waals surface area contributed by atoms with Crippen LogP contribution in [0.5, 0.6) is 0 Å². The Hall–Kier alpha value is -2.93. The number of rotatable bonds is 6. The van der Waals surface area contributed by atoms with Crippen LogP contribution in [0.1, 0.15) is 36.0 Å². The average Bonchev–Trinajstić information content (AvgIpc) is 3.28. The van der Waals surface area contributed by atoms with Crippen molar-refractivity contribution >= 4 is 23.3 Å². The van der Waals surface area contributed by atoms with E-state index in [0.717, 1.165) is 57.7 Å². The Bertz CT molecular complexity index is 859. The van der Waals surface area contributed by atoms with E-state index in [1.54, 1.807) is 18.3 Å². The number of pyridine rings is 1. The zero-order valence-electron chi connectivity index (χ0n) is 17.2. The highest BCUT2D eigenvalue weighted by molar-refractivity contribution is 6.04. The molecule has 2 amide bonds. The van der Waals surface area contributed by atoms with Crippen molar-refractivity contribution in [1.29, 1.82) is 0 Å². The van der Waals surface area contributed by atoms with Crippen molar-refractivity contribution in [3.63, 3.8) is 0 Å². The molecule has 0 unspecified atom stereocenters. The largest absolute Gasteiger partial charge is 0.354 e. The molecule has 7 heteroatoms. The second kappa shape index (κ2) is 9.71. The van der Waals surface area contributed by atoms with Gasteiger partial charge in [-0.3, -0.25) is 14.5 Å². The summed E-state index contributed by atoms with van der Waals surface area (Å²) in [6.07, 6.45) is 6.19. The molecule has 2 aliphatic rings. The van der Waals surface area contributed by atoms with Crippen LogP contribution in [0.3, 0.4) is 0 Å². The van der Waals surface area contributed by atoms with Gasteiger partial charge in [0.1, 0.15) is 5.82 Å². The smallest absolute Gasteiger partial charge is 0.253 e. The van der Waals surface area contributed by atoms with E-state index in [1.165, 1.54) is 0 Å². The lowest BCUT2D eigenvalue weighted by molar-refractivity contribution is -0.117. The Morgan fingerprint density at radius 3 is 2.43 bits per heavy atom. The maximum Gasteiger partial charge on any atom is 0.253 e. The number of para-hydroxylation sites is 1. The van der Waals surface area contributed by atoms with Crippen molar-refractivity contribution in [3.8, 4) is 0 Å². The second-order valence-corrected chi connectivity index (χ2v) is 8.00. The summed E-state index contributed by atoms with van der Waals surface area (Å²) < 4.78 is 0. The highest BCUT2D eigenvalue weighted by atomic mass is 16.2. The molecule has 2 N–H and O–H groups in total. The number of anilines is 2. The predicted octanol–water partition coefficient (Wildman–Crippen LogP) is 2.51. The monoisotopic (exact) mass is 407 g/mol. The fourth-order valence-electron chi connectivity index (χ4n) is 4.19. The Labute approximate surface area is 177 Å². The summed E-state index contributed by atoms with van der Waals surface area (Å²) in [5.74, 6) is 0.771. The highest BCUT2D eigenvalue weighted by Crippen LogP contribution is 2.20. The first-order valence-corrected chi connectivity index (χ1v) is 10.8. The summed E-state index contributed by atoms with van der Waals surface area (Å²) in [5, 5.41) is 6.04. The third-order valence-corrected chi connectivity index (χ3v) is 5.85. The summed E-state index contributed by atoms with van der Waals surface area (Å²) >= 11 is 0. The SMILES string of the molecule is O=C(CN1CCN(c2ccccn2)CC1)Nc1ccccc1C(=O)NC1CCCC1. The molecule has 2 aromatic rings. The lowest BCUT2D eigenvalue weighted by Crippen LogP contribution is -2.49. The lowest BCUT2D eigenvalue weighted by Gasteiger charge is -2.35. The van der Waals surface area contributed by atoms with Crippen molar-refractivity contribution in [3.05, 3.63) is 54.2 Å². The van der Waals surface area contributed by atoms with E-state index >= 15 is 0 Å². The van der Waals surface area contributed by atoms with Crippen LogP contribution in [-0.4, -0.2) is 60.5 Å². The average molecular weight is 408 g/mol. The highest BCUT2D eigenvalue weighted by Gasteiger charge is 2.22. The topological polar surface area (TPSA) is 77.6 Å². The van der Waals surface area contributed by atoms with Crippen LogP contribution in [0.4, 0.5) is 11.5 Å². The zero-order valence-corrected chi connectivity index (χ0v) is 17.2. The van der Waals surface area contributed by atoms with Gasteiger partial charge in [0.25, 0.3) is 5.91 Å². The molecular formula is C23H29N5O2. The number of carbonyl (C=O) groups is 2. The van der Waals surface area contributed by atoms with E-state index in [-0.39, 0.29) is 17.9 Å². The van der Waals surface area contributed by atoms with Gasteiger partial charge in [-0.15, -0.1) is 0 Å². The molecule has 0 radical (unpaired) electrons. The molecular weight excluding hydrogens is 378 g/mol. The summed E-state index contributed by atoms with van der Waals surface area (Å²) in [5.41, 5.74) is 1.10. The Morgan fingerprint density at radius 1 is 0.967 bits per heavy atom.